The molecule has 1 aromatic heterocycles. The molecule has 0 atom stereocenters. The zero-order chi connectivity index (χ0) is 14.3. The molecule has 3 nitrogen and oxygen atoms in total. The summed E-state index contributed by atoms with van der Waals surface area (Å²) in [5.74, 6) is 1.00. The number of piperidine rings is 1. The average molecular weight is 287 g/mol. The van der Waals surface area contributed by atoms with E-state index in [4.69, 9.17) is 0 Å². The number of anilines is 1. The van der Waals surface area contributed by atoms with Crippen molar-refractivity contribution in [2.24, 2.45) is 5.92 Å². The Labute approximate surface area is 129 Å². The van der Waals surface area contributed by atoms with Gasteiger partial charge < -0.3 is 10.2 Å². The summed E-state index contributed by atoms with van der Waals surface area (Å²) >= 11 is 0. The quantitative estimate of drug-likeness (QED) is 0.896. The van der Waals surface area contributed by atoms with Crippen LogP contribution < -0.4 is 10.2 Å². The zero-order valence-corrected chi connectivity index (χ0v) is 13.1. The van der Waals surface area contributed by atoms with Gasteiger partial charge in [0.25, 0.3) is 0 Å². The molecule has 0 aromatic carbocycles. The fourth-order valence-electron chi connectivity index (χ4n) is 3.86. The van der Waals surface area contributed by atoms with Gasteiger partial charge in [-0.05, 0) is 43.9 Å². The van der Waals surface area contributed by atoms with Gasteiger partial charge in [0.15, 0.2) is 0 Å². The smallest absolute Gasteiger partial charge is 0.0397 e. The lowest BCUT2D eigenvalue weighted by atomic mass is 9.87. The molecule has 1 aliphatic carbocycles. The molecular formula is C18H29N3. The molecule has 3 heteroatoms. The fraction of sp³-hybridized carbons (Fsp3) is 0.722. The molecule has 2 heterocycles. The van der Waals surface area contributed by atoms with Crippen molar-refractivity contribution in [3.63, 3.8) is 0 Å². The molecule has 3 rings (SSSR count). The highest BCUT2D eigenvalue weighted by molar-refractivity contribution is 5.44. The van der Waals surface area contributed by atoms with Gasteiger partial charge in [0.1, 0.15) is 0 Å². The normalized spacial score (nSPS) is 21.6. The van der Waals surface area contributed by atoms with E-state index < -0.39 is 0 Å². The van der Waals surface area contributed by atoms with Crippen LogP contribution in [0.2, 0.25) is 0 Å². The predicted octanol–water partition coefficient (Wildman–Crippen LogP) is 3.61. The van der Waals surface area contributed by atoms with E-state index >= 15 is 0 Å². The molecule has 0 bridgehead atoms. The molecule has 0 unspecified atom stereocenters. The second-order valence-corrected chi connectivity index (χ2v) is 6.71. The Kier molecular flexibility index (Phi) is 5.50. The Hall–Kier alpha value is -1.09. The molecule has 1 aliphatic heterocycles. The topological polar surface area (TPSA) is 28.2 Å². The SMILES string of the molecule is c1cc(N2CCC(NCCC3CCCCC3)CC2)ccn1. The summed E-state index contributed by atoms with van der Waals surface area (Å²) in [5.41, 5.74) is 1.32. The maximum Gasteiger partial charge on any atom is 0.0397 e. The molecule has 2 fully saturated rings. The number of pyridine rings is 1. The van der Waals surface area contributed by atoms with Gasteiger partial charge in [0.05, 0.1) is 0 Å². The van der Waals surface area contributed by atoms with Crippen molar-refractivity contribution in [3.05, 3.63) is 24.5 Å². The highest BCUT2D eigenvalue weighted by Crippen LogP contribution is 2.26. The highest BCUT2D eigenvalue weighted by atomic mass is 15.1. The number of hydrogen-bond donors (Lipinski definition) is 1. The maximum absolute atomic E-state index is 4.10. The lowest BCUT2D eigenvalue weighted by molar-refractivity contribution is 0.319. The minimum Gasteiger partial charge on any atom is -0.371 e. The van der Waals surface area contributed by atoms with Gasteiger partial charge in [-0.15, -0.1) is 0 Å². The molecule has 1 aromatic rings. The summed E-state index contributed by atoms with van der Waals surface area (Å²) < 4.78 is 0. The first-order valence-electron chi connectivity index (χ1n) is 8.80. The standard InChI is InChI=1S/C18H29N3/c1-2-4-16(5-3-1)6-13-20-17-9-14-21(15-10-17)18-7-11-19-12-8-18/h7-8,11-12,16-17,20H,1-6,9-10,13-15H2. The lowest BCUT2D eigenvalue weighted by Crippen LogP contribution is -2.43. The van der Waals surface area contributed by atoms with E-state index in [2.05, 4.69) is 27.3 Å². The third kappa shape index (κ3) is 4.44. The van der Waals surface area contributed by atoms with Crippen LogP contribution in [0.15, 0.2) is 24.5 Å². The van der Waals surface area contributed by atoms with E-state index in [1.165, 1.54) is 76.7 Å². The van der Waals surface area contributed by atoms with Gasteiger partial charge >= 0.3 is 0 Å². The molecule has 1 saturated carbocycles. The van der Waals surface area contributed by atoms with E-state index in [-0.39, 0.29) is 0 Å². The lowest BCUT2D eigenvalue weighted by Gasteiger charge is -2.34. The van der Waals surface area contributed by atoms with Crippen LogP contribution >= 0.6 is 0 Å². The van der Waals surface area contributed by atoms with Crippen LogP contribution in [-0.4, -0.2) is 30.7 Å². The van der Waals surface area contributed by atoms with Crippen molar-refractivity contribution in [2.45, 2.75) is 57.4 Å². The first kappa shape index (κ1) is 14.8. The van der Waals surface area contributed by atoms with Crippen molar-refractivity contribution >= 4 is 5.69 Å². The second kappa shape index (κ2) is 7.79. The van der Waals surface area contributed by atoms with E-state index in [0.29, 0.717) is 0 Å². The van der Waals surface area contributed by atoms with Crippen LogP contribution in [0.3, 0.4) is 0 Å². The first-order chi connectivity index (χ1) is 10.4. The molecule has 116 valence electrons. The van der Waals surface area contributed by atoms with Gasteiger partial charge in [-0.2, -0.15) is 0 Å². The number of aromatic nitrogens is 1. The van der Waals surface area contributed by atoms with E-state index in [1.54, 1.807) is 0 Å². The predicted molar refractivity (Wildman–Crippen MR) is 88.7 cm³/mol. The summed E-state index contributed by atoms with van der Waals surface area (Å²) in [6.07, 6.45) is 15.1. The van der Waals surface area contributed by atoms with Crippen molar-refractivity contribution in [1.82, 2.24) is 10.3 Å². The number of hydrogen-bond acceptors (Lipinski definition) is 3. The summed E-state index contributed by atoms with van der Waals surface area (Å²) in [6.45, 7) is 3.57. The zero-order valence-electron chi connectivity index (χ0n) is 13.1. The molecule has 0 radical (unpaired) electrons. The summed E-state index contributed by atoms with van der Waals surface area (Å²) in [4.78, 5) is 6.59. The van der Waals surface area contributed by atoms with Gasteiger partial charge in [0.2, 0.25) is 0 Å². The van der Waals surface area contributed by atoms with E-state index in [1.807, 2.05) is 12.4 Å². The second-order valence-electron chi connectivity index (χ2n) is 6.71. The van der Waals surface area contributed by atoms with Crippen molar-refractivity contribution in [1.29, 1.82) is 0 Å². The summed E-state index contributed by atoms with van der Waals surface area (Å²) in [7, 11) is 0. The number of nitrogens with one attached hydrogen (secondary N) is 1. The van der Waals surface area contributed by atoms with Crippen molar-refractivity contribution in [3.8, 4) is 0 Å². The van der Waals surface area contributed by atoms with Gasteiger partial charge in [-0.1, -0.05) is 32.1 Å². The number of rotatable bonds is 5. The monoisotopic (exact) mass is 287 g/mol. The van der Waals surface area contributed by atoms with Crippen LogP contribution in [0.5, 0.6) is 0 Å². The van der Waals surface area contributed by atoms with Crippen LogP contribution in [0, 0.1) is 5.92 Å². The van der Waals surface area contributed by atoms with Gasteiger partial charge in [-0.25, -0.2) is 0 Å². The molecule has 0 amide bonds. The first-order valence-corrected chi connectivity index (χ1v) is 8.80. The maximum atomic E-state index is 4.10. The Bertz CT molecular complexity index is 392. The van der Waals surface area contributed by atoms with E-state index in [9.17, 15) is 0 Å². The number of nitrogens with zero attached hydrogens (tertiary/aromatic N) is 2. The van der Waals surface area contributed by atoms with Crippen LogP contribution in [0.1, 0.15) is 51.4 Å². The third-order valence-corrected chi connectivity index (χ3v) is 5.23. The summed E-state index contributed by atoms with van der Waals surface area (Å²) in [5, 5.41) is 3.80. The van der Waals surface area contributed by atoms with Crippen molar-refractivity contribution in [2.75, 3.05) is 24.5 Å². The van der Waals surface area contributed by atoms with Gasteiger partial charge in [0, 0.05) is 37.2 Å². The molecule has 2 aliphatic rings. The molecule has 0 spiro atoms. The third-order valence-electron chi connectivity index (χ3n) is 5.23. The van der Waals surface area contributed by atoms with E-state index in [0.717, 1.165) is 12.0 Å². The van der Waals surface area contributed by atoms with Crippen LogP contribution in [-0.2, 0) is 0 Å². The Morgan fingerprint density at radius 2 is 1.71 bits per heavy atom. The largest absolute Gasteiger partial charge is 0.371 e. The average Bonchev–Trinajstić information content (AvgIpc) is 2.57. The van der Waals surface area contributed by atoms with Crippen LogP contribution in [0.4, 0.5) is 5.69 Å². The molecule has 21 heavy (non-hydrogen) atoms. The fourth-order valence-corrected chi connectivity index (χ4v) is 3.86. The highest BCUT2D eigenvalue weighted by Gasteiger charge is 2.19. The van der Waals surface area contributed by atoms with Crippen LogP contribution in [0.25, 0.3) is 0 Å². The molecule has 1 saturated heterocycles. The molecule has 1 N–H and O–H groups in total. The van der Waals surface area contributed by atoms with Gasteiger partial charge in [-0.3, -0.25) is 4.98 Å². The minimum absolute atomic E-state index is 0.728. The Balaban J connectivity index is 1.34. The Morgan fingerprint density at radius 1 is 1.00 bits per heavy atom. The Morgan fingerprint density at radius 3 is 2.43 bits per heavy atom. The van der Waals surface area contributed by atoms with Crippen molar-refractivity contribution < 1.29 is 0 Å². The minimum atomic E-state index is 0.728. The summed E-state index contributed by atoms with van der Waals surface area (Å²) in [6, 6.07) is 4.97. The molecular weight excluding hydrogens is 258 g/mol.